The molecule has 2 amide bonds. The molecule has 0 aromatic heterocycles. The number of carbonyl (C=O) groups is 2. The van der Waals surface area contributed by atoms with Crippen molar-refractivity contribution in [1.29, 1.82) is 0 Å². The standard InChI is InChI=1S/C16H32N2O3S/c1-10(2)7-11(8-12(19)9-22)14(20)18-13(15(21)17-6)16(3,4)5/h10-13,19,22H,7-9H2,1-6H3,(H,17,21)(H,18,20)/t11?,12?,13-/m1/s1. The molecule has 3 N–H and O–H groups in total. The maximum atomic E-state index is 12.6. The third-order valence-corrected chi connectivity index (χ3v) is 3.98. The molecular formula is C16H32N2O3S. The van der Waals surface area contributed by atoms with Gasteiger partial charge in [-0.15, -0.1) is 0 Å². The fourth-order valence-corrected chi connectivity index (χ4v) is 2.51. The third-order valence-electron chi connectivity index (χ3n) is 3.56. The van der Waals surface area contributed by atoms with Crippen LogP contribution in [-0.2, 0) is 9.59 Å². The summed E-state index contributed by atoms with van der Waals surface area (Å²) in [5.41, 5.74) is -0.389. The summed E-state index contributed by atoms with van der Waals surface area (Å²) in [4.78, 5) is 24.6. The van der Waals surface area contributed by atoms with Gasteiger partial charge in [-0.1, -0.05) is 34.6 Å². The van der Waals surface area contributed by atoms with Gasteiger partial charge in [-0.25, -0.2) is 0 Å². The number of amides is 2. The highest BCUT2D eigenvalue weighted by Crippen LogP contribution is 2.23. The normalized spacial score (nSPS) is 16.0. The fraction of sp³-hybridized carbons (Fsp3) is 0.875. The average Bonchev–Trinajstić information content (AvgIpc) is 2.40. The summed E-state index contributed by atoms with van der Waals surface area (Å²) in [6.45, 7) is 9.80. The molecule has 3 atom stereocenters. The van der Waals surface area contributed by atoms with Crippen LogP contribution < -0.4 is 10.6 Å². The minimum absolute atomic E-state index is 0.182. The second-order valence-electron chi connectivity index (χ2n) is 7.32. The molecule has 0 bridgehead atoms. The van der Waals surface area contributed by atoms with Crippen LogP contribution in [0.5, 0.6) is 0 Å². The van der Waals surface area contributed by atoms with Gasteiger partial charge in [0.2, 0.25) is 11.8 Å². The Morgan fingerprint density at radius 1 is 1.14 bits per heavy atom. The molecule has 0 aliphatic rings. The van der Waals surface area contributed by atoms with Crippen molar-refractivity contribution in [3.8, 4) is 0 Å². The zero-order valence-electron chi connectivity index (χ0n) is 14.6. The van der Waals surface area contributed by atoms with Crippen LogP contribution in [-0.4, -0.2) is 41.9 Å². The maximum Gasteiger partial charge on any atom is 0.242 e. The molecule has 6 heteroatoms. The largest absolute Gasteiger partial charge is 0.392 e. The number of aliphatic hydroxyl groups excluding tert-OH is 1. The number of nitrogens with one attached hydrogen (secondary N) is 2. The van der Waals surface area contributed by atoms with Crippen LogP contribution >= 0.6 is 12.6 Å². The first kappa shape index (κ1) is 21.2. The smallest absolute Gasteiger partial charge is 0.242 e. The Labute approximate surface area is 140 Å². The van der Waals surface area contributed by atoms with Gasteiger partial charge in [0.25, 0.3) is 0 Å². The molecule has 0 heterocycles. The van der Waals surface area contributed by atoms with Gasteiger partial charge in [0.15, 0.2) is 0 Å². The zero-order chi connectivity index (χ0) is 17.5. The molecule has 0 aliphatic heterocycles. The molecule has 0 aliphatic carbocycles. The van der Waals surface area contributed by atoms with Crippen molar-refractivity contribution in [2.45, 2.75) is 59.6 Å². The molecule has 0 aromatic carbocycles. The highest BCUT2D eigenvalue weighted by Gasteiger charge is 2.34. The minimum Gasteiger partial charge on any atom is -0.392 e. The van der Waals surface area contributed by atoms with Gasteiger partial charge >= 0.3 is 0 Å². The first-order valence-corrected chi connectivity index (χ1v) is 8.47. The first-order valence-electron chi connectivity index (χ1n) is 7.83. The zero-order valence-corrected chi connectivity index (χ0v) is 15.5. The highest BCUT2D eigenvalue weighted by molar-refractivity contribution is 7.80. The van der Waals surface area contributed by atoms with Crippen molar-refractivity contribution in [2.75, 3.05) is 12.8 Å². The number of carbonyl (C=O) groups excluding carboxylic acids is 2. The van der Waals surface area contributed by atoms with Crippen molar-refractivity contribution >= 4 is 24.4 Å². The van der Waals surface area contributed by atoms with Crippen LogP contribution in [0.4, 0.5) is 0 Å². The molecule has 0 saturated heterocycles. The highest BCUT2D eigenvalue weighted by atomic mass is 32.1. The summed E-state index contributed by atoms with van der Waals surface area (Å²) in [5, 5.41) is 15.3. The molecule has 0 fully saturated rings. The summed E-state index contributed by atoms with van der Waals surface area (Å²) in [6.07, 6.45) is 0.408. The van der Waals surface area contributed by atoms with Gasteiger partial charge < -0.3 is 15.7 Å². The van der Waals surface area contributed by atoms with Gasteiger partial charge in [0.05, 0.1) is 6.10 Å². The summed E-state index contributed by atoms with van der Waals surface area (Å²) < 4.78 is 0. The van der Waals surface area contributed by atoms with E-state index in [0.29, 0.717) is 24.5 Å². The van der Waals surface area contributed by atoms with Crippen LogP contribution in [0.15, 0.2) is 0 Å². The quantitative estimate of drug-likeness (QED) is 0.510. The van der Waals surface area contributed by atoms with Gasteiger partial charge in [-0.3, -0.25) is 9.59 Å². The second kappa shape index (κ2) is 9.40. The van der Waals surface area contributed by atoms with E-state index in [2.05, 4.69) is 23.3 Å². The lowest BCUT2D eigenvalue weighted by atomic mass is 9.84. The van der Waals surface area contributed by atoms with Crippen LogP contribution in [0.2, 0.25) is 0 Å². The Balaban J connectivity index is 5.07. The van der Waals surface area contributed by atoms with E-state index in [4.69, 9.17) is 0 Å². The lowest BCUT2D eigenvalue weighted by Gasteiger charge is -2.32. The van der Waals surface area contributed by atoms with Gasteiger partial charge in [-0.05, 0) is 24.2 Å². The van der Waals surface area contributed by atoms with Crippen molar-refractivity contribution in [3.63, 3.8) is 0 Å². The predicted octanol–water partition coefficient (Wildman–Crippen LogP) is 1.61. The number of aliphatic hydroxyl groups is 1. The molecule has 0 aromatic rings. The van der Waals surface area contributed by atoms with E-state index in [1.165, 1.54) is 0 Å². The van der Waals surface area contributed by atoms with E-state index in [9.17, 15) is 14.7 Å². The maximum absolute atomic E-state index is 12.6. The van der Waals surface area contributed by atoms with E-state index in [1.807, 2.05) is 34.6 Å². The molecule has 130 valence electrons. The lowest BCUT2D eigenvalue weighted by molar-refractivity contribution is -0.134. The third kappa shape index (κ3) is 7.49. The Kier molecular flexibility index (Phi) is 9.08. The van der Waals surface area contributed by atoms with E-state index >= 15 is 0 Å². The molecule has 0 radical (unpaired) electrons. The fourth-order valence-electron chi connectivity index (χ4n) is 2.36. The Hall–Kier alpha value is -0.750. The SMILES string of the molecule is CNC(=O)[C@@H](NC(=O)C(CC(C)C)CC(O)CS)C(C)(C)C. The van der Waals surface area contributed by atoms with E-state index in [-0.39, 0.29) is 23.1 Å². The number of likely N-dealkylation sites (N-methyl/N-ethyl adjacent to an activating group) is 1. The summed E-state index contributed by atoms with van der Waals surface area (Å²) >= 11 is 4.07. The Morgan fingerprint density at radius 2 is 1.68 bits per heavy atom. The summed E-state index contributed by atoms with van der Waals surface area (Å²) in [6, 6.07) is -0.604. The first-order chi connectivity index (χ1) is 10.0. The Bertz CT molecular complexity index is 367. The van der Waals surface area contributed by atoms with Crippen LogP contribution in [0.25, 0.3) is 0 Å². The predicted molar refractivity (Wildman–Crippen MR) is 92.9 cm³/mol. The number of hydrogen-bond donors (Lipinski definition) is 4. The van der Waals surface area contributed by atoms with Crippen molar-refractivity contribution in [2.24, 2.45) is 17.3 Å². The molecule has 5 nitrogen and oxygen atoms in total. The van der Waals surface area contributed by atoms with Crippen molar-refractivity contribution < 1.29 is 14.7 Å². The second-order valence-corrected chi connectivity index (χ2v) is 7.69. The lowest BCUT2D eigenvalue weighted by Crippen LogP contribution is -2.54. The van der Waals surface area contributed by atoms with E-state index in [0.717, 1.165) is 0 Å². The van der Waals surface area contributed by atoms with E-state index < -0.39 is 12.1 Å². The minimum atomic E-state index is -0.620. The number of thiol groups is 1. The summed E-state index contributed by atoms with van der Waals surface area (Å²) in [7, 11) is 1.56. The average molecular weight is 333 g/mol. The number of hydrogen-bond acceptors (Lipinski definition) is 4. The van der Waals surface area contributed by atoms with Crippen molar-refractivity contribution in [1.82, 2.24) is 10.6 Å². The molecule has 0 spiro atoms. The van der Waals surface area contributed by atoms with Crippen LogP contribution in [0.1, 0.15) is 47.5 Å². The molecule has 0 saturated carbocycles. The topological polar surface area (TPSA) is 78.4 Å². The molecular weight excluding hydrogens is 300 g/mol. The van der Waals surface area contributed by atoms with Crippen molar-refractivity contribution in [3.05, 3.63) is 0 Å². The van der Waals surface area contributed by atoms with E-state index in [1.54, 1.807) is 7.05 Å². The Morgan fingerprint density at radius 3 is 2.05 bits per heavy atom. The van der Waals surface area contributed by atoms with Gasteiger partial charge in [0.1, 0.15) is 6.04 Å². The number of rotatable bonds is 8. The molecule has 0 rings (SSSR count). The van der Waals surface area contributed by atoms with Crippen LogP contribution in [0.3, 0.4) is 0 Å². The van der Waals surface area contributed by atoms with Gasteiger partial charge in [-0.2, -0.15) is 12.6 Å². The summed E-state index contributed by atoms with van der Waals surface area (Å²) in [5.74, 6) is -0.0652. The monoisotopic (exact) mass is 332 g/mol. The molecule has 2 unspecified atom stereocenters. The van der Waals surface area contributed by atoms with Crippen LogP contribution in [0, 0.1) is 17.3 Å². The van der Waals surface area contributed by atoms with Gasteiger partial charge in [0, 0.05) is 18.7 Å². The molecule has 22 heavy (non-hydrogen) atoms.